The van der Waals surface area contributed by atoms with E-state index >= 15 is 0 Å². The molecular formula is C33H64O2Si2. The summed E-state index contributed by atoms with van der Waals surface area (Å²) in [6, 6.07) is 7.74. The van der Waals surface area contributed by atoms with Gasteiger partial charge in [0, 0.05) is 12.2 Å². The van der Waals surface area contributed by atoms with E-state index in [4.69, 9.17) is 8.85 Å². The molecule has 0 spiro atoms. The monoisotopic (exact) mass is 548 g/mol. The maximum absolute atomic E-state index is 7.13. The smallest absolute Gasteiger partial charge is 0.192 e. The lowest BCUT2D eigenvalue weighted by atomic mass is 9.44. The molecule has 3 unspecified atom stereocenters. The van der Waals surface area contributed by atoms with Gasteiger partial charge < -0.3 is 8.85 Å². The van der Waals surface area contributed by atoms with Crippen LogP contribution in [0.4, 0.5) is 0 Å². The summed E-state index contributed by atoms with van der Waals surface area (Å²) >= 11 is 0. The zero-order valence-corrected chi connectivity index (χ0v) is 28.5. The minimum Gasteiger partial charge on any atom is -0.414 e. The Kier molecular flexibility index (Phi) is 9.58. The van der Waals surface area contributed by atoms with Crippen LogP contribution in [0, 0.1) is 40.4 Å². The molecule has 0 bridgehead atoms. The van der Waals surface area contributed by atoms with Crippen molar-refractivity contribution in [3.8, 4) is 0 Å². The van der Waals surface area contributed by atoms with Crippen molar-refractivity contribution in [3.63, 3.8) is 0 Å². The predicted octanol–water partition coefficient (Wildman–Crippen LogP) is 10.4. The second-order valence-electron chi connectivity index (χ2n) is 14.7. The number of hydrogen-bond donors (Lipinski definition) is 0. The number of fused-ring (bicyclic) bond motifs is 5. The van der Waals surface area contributed by atoms with Crippen LogP contribution in [0.2, 0.25) is 36.3 Å². The van der Waals surface area contributed by atoms with Crippen LogP contribution in [0.15, 0.2) is 0 Å². The lowest BCUT2D eigenvalue weighted by Crippen LogP contribution is -2.55. The highest BCUT2D eigenvalue weighted by Gasteiger charge is 2.61. The first-order chi connectivity index (χ1) is 17.6. The highest BCUT2D eigenvalue weighted by Crippen LogP contribution is 2.68. The molecule has 9 atom stereocenters. The maximum Gasteiger partial charge on any atom is 0.192 e. The molecule has 4 fully saturated rings. The van der Waals surface area contributed by atoms with Gasteiger partial charge in [-0.1, -0.05) is 55.4 Å². The van der Waals surface area contributed by atoms with Gasteiger partial charge in [-0.05, 0) is 141 Å². The van der Waals surface area contributed by atoms with E-state index in [1.807, 2.05) is 0 Å². The molecule has 0 heterocycles. The Labute approximate surface area is 234 Å². The van der Waals surface area contributed by atoms with Crippen molar-refractivity contribution in [2.24, 2.45) is 40.4 Å². The molecule has 4 heteroatoms. The average molecular weight is 549 g/mol. The van der Waals surface area contributed by atoms with Crippen molar-refractivity contribution in [2.75, 3.05) is 0 Å². The summed E-state index contributed by atoms with van der Waals surface area (Å²) in [6.45, 7) is 22.3. The Balaban J connectivity index is 1.45. The van der Waals surface area contributed by atoms with Gasteiger partial charge in [-0.25, -0.2) is 0 Å². The summed E-state index contributed by atoms with van der Waals surface area (Å²) in [5, 5.41) is 0. The Morgan fingerprint density at radius 3 is 1.84 bits per heavy atom. The summed E-state index contributed by atoms with van der Waals surface area (Å²) < 4.78 is 14.2. The van der Waals surface area contributed by atoms with Gasteiger partial charge in [0.05, 0.1) is 0 Å². The summed E-state index contributed by atoms with van der Waals surface area (Å²) in [4.78, 5) is 0. The maximum atomic E-state index is 7.13. The second kappa shape index (κ2) is 11.7. The van der Waals surface area contributed by atoms with E-state index in [1.54, 1.807) is 0 Å². The zero-order valence-electron chi connectivity index (χ0n) is 26.5. The molecule has 4 rings (SSSR count). The molecule has 216 valence electrons. The third kappa shape index (κ3) is 5.26. The summed E-state index contributed by atoms with van der Waals surface area (Å²) in [5.41, 5.74) is 1.07. The van der Waals surface area contributed by atoms with Crippen LogP contribution in [-0.4, -0.2) is 28.8 Å². The molecule has 0 aromatic heterocycles. The standard InChI is InChI=1S/C33H64O2Si2/c1-10-36(11-2,12-3)34-25(7)29-18-19-30-28-17-16-26-24-27(35-37(13-4,14-5)15-6)20-22-32(26,8)31(28)21-23-33(29,30)9/h25-31H,10-24H2,1-9H3/t25?,26?,27?,28-,29+,30-,31-,32-,33+/m0/s1. The SMILES string of the molecule is CC[Si](CC)(CC)OC1CC[C@@]2(C)C(CC[C@H]3[C@@H]4CC[C@H](C(C)O[Si](CC)(CC)CC)[C@@]4(C)CC[C@@H]32)C1. The minimum atomic E-state index is -1.55. The summed E-state index contributed by atoms with van der Waals surface area (Å²) in [7, 11) is -3.05. The topological polar surface area (TPSA) is 18.5 Å². The van der Waals surface area contributed by atoms with Crippen LogP contribution in [0.1, 0.15) is 120 Å². The van der Waals surface area contributed by atoms with Crippen LogP contribution >= 0.6 is 0 Å². The second-order valence-corrected chi connectivity index (χ2v) is 24.2. The van der Waals surface area contributed by atoms with Crippen molar-refractivity contribution >= 4 is 16.6 Å². The highest BCUT2D eigenvalue weighted by atomic mass is 28.4. The van der Waals surface area contributed by atoms with Crippen molar-refractivity contribution < 1.29 is 8.85 Å². The third-order valence-corrected chi connectivity index (χ3v) is 23.4. The Morgan fingerprint density at radius 1 is 0.676 bits per heavy atom. The molecule has 4 aliphatic rings. The Hall–Kier alpha value is 0.354. The predicted molar refractivity (Wildman–Crippen MR) is 165 cm³/mol. The van der Waals surface area contributed by atoms with E-state index < -0.39 is 16.6 Å². The number of hydrogen-bond acceptors (Lipinski definition) is 2. The highest BCUT2D eigenvalue weighted by molar-refractivity contribution is 6.74. The van der Waals surface area contributed by atoms with Crippen LogP contribution in [0.5, 0.6) is 0 Å². The Morgan fingerprint density at radius 2 is 1.24 bits per heavy atom. The van der Waals surface area contributed by atoms with Gasteiger partial charge in [0.15, 0.2) is 16.6 Å². The third-order valence-electron chi connectivity index (χ3n) is 14.0. The van der Waals surface area contributed by atoms with Gasteiger partial charge >= 0.3 is 0 Å². The van der Waals surface area contributed by atoms with E-state index in [2.05, 4.69) is 62.3 Å². The molecule has 37 heavy (non-hydrogen) atoms. The molecule has 0 aromatic rings. The fraction of sp³-hybridized carbons (Fsp3) is 1.00. The average Bonchev–Trinajstić information content (AvgIpc) is 3.28. The van der Waals surface area contributed by atoms with Gasteiger partial charge in [-0.15, -0.1) is 0 Å². The van der Waals surface area contributed by atoms with Crippen LogP contribution < -0.4 is 0 Å². The van der Waals surface area contributed by atoms with Crippen molar-refractivity contribution in [2.45, 2.75) is 169 Å². The zero-order chi connectivity index (χ0) is 27.1. The van der Waals surface area contributed by atoms with E-state index in [1.165, 1.54) is 94.1 Å². The lowest BCUT2D eigenvalue weighted by Gasteiger charge is -2.61. The quantitative estimate of drug-likeness (QED) is 0.239. The molecule has 0 saturated heterocycles. The molecule has 4 saturated carbocycles. The van der Waals surface area contributed by atoms with Gasteiger partial charge in [0.1, 0.15) is 0 Å². The summed E-state index contributed by atoms with van der Waals surface area (Å²) in [6.07, 6.45) is 13.9. The summed E-state index contributed by atoms with van der Waals surface area (Å²) in [5.74, 6) is 4.55. The van der Waals surface area contributed by atoms with Crippen molar-refractivity contribution in [1.82, 2.24) is 0 Å². The van der Waals surface area contributed by atoms with Gasteiger partial charge in [0.2, 0.25) is 0 Å². The first kappa shape index (κ1) is 30.3. The number of rotatable bonds is 11. The molecule has 0 amide bonds. The van der Waals surface area contributed by atoms with Crippen molar-refractivity contribution in [3.05, 3.63) is 0 Å². The molecule has 0 radical (unpaired) electrons. The van der Waals surface area contributed by atoms with Crippen LogP contribution in [-0.2, 0) is 8.85 Å². The first-order valence-corrected chi connectivity index (χ1v) is 22.0. The first-order valence-electron chi connectivity index (χ1n) is 16.9. The lowest BCUT2D eigenvalue weighted by molar-refractivity contribution is -0.130. The van der Waals surface area contributed by atoms with Crippen LogP contribution in [0.3, 0.4) is 0 Å². The molecule has 0 N–H and O–H groups in total. The molecule has 0 aliphatic heterocycles. The van der Waals surface area contributed by atoms with E-state index in [0.29, 0.717) is 23.0 Å². The normalized spacial score (nSPS) is 41.1. The van der Waals surface area contributed by atoms with Gasteiger partial charge in [-0.2, -0.15) is 0 Å². The largest absolute Gasteiger partial charge is 0.414 e. The van der Waals surface area contributed by atoms with E-state index in [9.17, 15) is 0 Å². The molecule has 2 nitrogen and oxygen atoms in total. The van der Waals surface area contributed by atoms with Gasteiger partial charge in [-0.3, -0.25) is 0 Å². The van der Waals surface area contributed by atoms with E-state index in [0.717, 1.165) is 29.6 Å². The molecular weight excluding hydrogens is 485 g/mol. The fourth-order valence-electron chi connectivity index (χ4n) is 11.0. The molecule has 4 aliphatic carbocycles. The van der Waals surface area contributed by atoms with Crippen molar-refractivity contribution in [1.29, 1.82) is 0 Å². The van der Waals surface area contributed by atoms with Gasteiger partial charge in [0.25, 0.3) is 0 Å². The Bertz CT molecular complexity index is 732. The van der Waals surface area contributed by atoms with E-state index in [-0.39, 0.29) is 0 Å². The minimum absolute atomic E-state index is 0.456. The fourth-order valence-corrected chi connectivity index (χ4v) is 16.8. The van der Waals surface area contributed by atoms with Crippen LogP contribution in [0.25, 0.3) is 0 Å². The molecule has 0 aromatic carbocycles.